The normalized spacial score (nSPS) is 10.2. The molecule has 0 radical (unpaired) electrons. The summed E-state index contributed by atoms with van der Waals surface area (Å²) >= 11 is 12.5. The van der Waals surface area contributed by atoms with Crippen LogP contribution in [0.25, 0.3) is 0 Å². The van der Waals surface area contributed by atoms with Crippen molar-refractivity contribution in [3.05, 3.63) is 93.5 Å². The first kappa shape index (κ1) is 22.4. The van der Waals surface area contributed by atoms with E-state index >= 15 is 0 Å². The van der Waals surface area contributed by atoms with Gasteiger partial charge in [0.15, 0.2) is 11.5 Å². The number of ether oxygens (including phenoxy) is 2. The van der Waals surface area contributed by atoms with Crippen LogP contribution in [0.2, 0.25) is 10.0 Å². The molecule has 0 atom stereocenters. The number of methoxy groups -OCH3 is 1. The lowest BCUT2D eigenvalue weighted by atomic mass is 10.1. The number of nitrogens with one attached hydrogen (secondary N) is 1. The van der Waals surface area contributed by atoms with E-state index in [9.17, 15) is 0 Å². The van der Waals surface area contributed by atoms with Crippen LogP contribution < -0.4 is 14.8 Å². The molecule has 3 nitrogen and oxygen atoms in total. The van der Waals surface area contributed by atoms with E-state index in [2.05, 4.69) is 5.32 Å². The zero-order chi connectivity index (χ0) is 19.1. The maximum Gasteiger partial charge on any atom is 0.166 e. The monoisotopic (exact) mass is 437 g/mol. The van der Waals surface area contributed by atoms with Crippen molar-refractivity contribution in [2.24, 2.45) is 0 Å². The first-order chi connectivity index (χ1) is 13.2. The summed E-state index contributed by atoms with van der Waals surface area (Å²) in [5.41, 5.74) is 3.06. The number of halogens is 3. The molecule has 6 heteroatoms. The third kappa shape index (κ3) is 6.05. The summed E-state index contributed by atoms with van der Waals surface area (Å²) in [5, 5.41) is 4.75. The fraction of sp³-hybridized carbons (Fsp3) is 0.182. The van der Waals surface area contributed by atoms with Crippen LogP contribution in [0, 0.1) is 0 Å². The van der Waals surface area contributed by atoms with Gasteiger partial charge in [-0.15, -0.1) is 12.4 Å². The average molecular weight is 439 g/mol. The molecule has 28 heavy (non-hydrogen) atoms. The van der Waals surface area contributed by atoms with E-state index in [0.29, 0.717) is 36.2 Å². The van der Waals surface area contributed by atoms with Crippen molar-refractivity contribution in [3.63, 3.8) is 0 Å². The van der Waals surface area contributed by atoms with Gasteiger partial charge in [-0.05, 0) is 23.3 Å². The van der Waals surface area contributed by atoms with Gasteiger partial charge >= 0.3 is 0 Å². The SMILES string of the molecule is COc1cc(Cl)cc(CNCc2ccccc2Cl)c1OCc1ccccc1.Cl. The first-order valence-corrected chi connectivity index (χ1v) is 9.40. The van der Waals surface area contributed by atoms with Crippen LogP contribution >= 0.6 is 35.6 Å². The molecule has 0 saturated heterocycles. The third-order valence-electron chi connectivity index (χ3n) is 4.13. The quantitative estimate of drug-likeness (QED) is 0.448. The zero-order valence-electron chi connectivity index (χ0n) is 15.5. The average Bonchev–Trinajstić information content (AvgIpc) is 2.69. The second kappa shape index (κ2) is 11.2. The van der Waals surface area contributed by atoms with Crippen molar-refractivity contribution in [1.82, 2.24) is 5.32 Å². The molecule has 0 aliphatic heterocycles. The van der Waals surface area contributed by atoms with Gasteiger partial charge in [0.05, 0.1) is 7.11 Å². The van der Waals surface area contributed by atoms with Gasteiger partial charge in [-0.25, -0.2) is 0 Å². The Morgan fingerprint density at radius 2 is 1.54 bits per heavy atom. The molecule has 1 N–H and O–H groups in total. The summed E-state index contributed by atoms with van der Waals surface area (Å²) in [6, 6.07) is 21.4. The van der Waals surface area contributed by atoms with Gasteiger partial charge in [-0.1, -0.05) is 71.7 Å². The molecule has 0 aliphatic rings. The van der Waals surface area contributed by atoms with Gasteiger partial charge in [-0.3, -0.25) is 0 Å². The molecule has 0 saturated carbocycles. The first-order valence-electron chi connectivity index (χ1n) is 8.64. The highest BCUT2D eigenvalue weighted by molar-refractivity contribution is 6.31. The van der Waals surface area contributed by atoms with Crippen molar-refractivity contribution in [1.29, 1.82) is 0 Å². The van der Waals surface area contributed by atoms with Crippen molar-refractivity contribution in [2.45, 2.75) is 19.7 Å². The van der Waals surface area contributed by atoms with E-state index in [1.54, 1.807) is 13.2 Å². The Bertz CT molecular complexity index is 888. The summed E-state index contributed by atoms with van der Waals surface area (Å²) in [4.78, 5) is 0. The van der Waals surface area contributed by atoms with E-state index < -0.39 is 0 Å². The number of rotatable bonds is 8. The number of hydrogen-bond acceptors (Lipinski definition) is 3. The van der Waals surface area contributed by atoms with E-state index in [1.807, 2.05) is 60.7 Å². The zero-order valence-corrected chi connectivity index (χ0v) is 17.8. The molecule has 3 aromatic rings. The molecule has 0 unspecified atom stereocenters. The molecule has 3 rings (SSSR count). The Balaban J connectivity index is 0.00000280. The van der Waals surface area contributed by atoms with E-state index in [0.717, 1.165) is 21.7 Å². The maximum absolute atomic E-state index is 6.25. The lowest BCUT2D eigenvalue weighted by molar-refractivity contribution is 0.280. The molecular weight excluding hydrogens is 417 g/mol. The third-order valence-corrected chi connectivity index (χ3v) is 4.72. The smallest absolute Gasteiger partial charge is 0.166 e. The Labute approximate surface area is 182 Å². The Morgan fingerprint density at radius 3 is 2.25 bits per heavy atom. The summed E-state index contributed by atoms with van der Waals surface area (Å²) in [6.45, 7) is 1.68. The Hall–Kier alpha value is -1.91. The van der Waals surface area contributed by atoms with Gasteiger partial charge in [0, 0.05) is 34.8 Å². The van der Waals surface area contributed by atoms with Crippen LogP contribution in [-0.4, -0.2) is 7.11 Å². The van der Waals surface area contributed by atoms with Crippen molar-refractivity contribution in [2.75, 3.05) is 7.11 Å². The molecule has 3 aromatic carbocycles. The van der Waals surface area contributed by atoms with Gasteiger partial charge in [0.2, 0.25) is 0 Å². The standard InChI is InChI=1S/C22H21Cl2NO2.ClH/c1-26-21-12-19(23)11-18(14-25-13-17-9-5-6-10-20(17)24)22(21)27-15-16-7-3-2-4-8-16;/h2-12,25H,13-15H2,1H3;1H. The van der Waals surface area contributed by atoms with Gasteiger partial charge < -0.3 is 14.8 Å². The highest BCUT2D eigenvalue weighted by atomic mass is 35.5. The Morgan fingerprint density at radius 1 is 0.857 bits per heavy atom. The van der Waals surface area contributed by atoms with Crippen LogP contribution in [0.15, 0.2) is 66.7 Å². The van der Waals surface area contributed by atoms with E-state index in [4.69, 9.17) is 32.7 Å². The lowest BCUT2D eigenvalue weighted by Gasteiger charge is -2.16. The minimum atomic E-state index is 0. The molecule has 0 heterocycles. The fourth-order valence-electron chi connectivity index (χ4n) is 2.77. The summed E-state index contributed by atoms with van der Waals surface area (Å²) in [6.07, 6.45) is 0. The molecule has 0 amide bonds. The minimum Gasteiger partial charge on any atom is -0.493 e. The number of hydrogen-bond donors (Lipinski definition) is 1. The fourth-order valence-corrected chi connectivity index (χ4v) is 3.21. The van der Waals surface area contributed by atoms with Crippen LogP contribution in [0.5, 0.6) is 11.5 Å². The van der Waals surface area contributed by atoms with Gasteiger partial charge in [0.1, 0.15) is 6.61 Å². The van der Waals surface area contributed by atoms with Crippen molar-refractivity contribution in [3.8, 4) is 11.5 Å². The molecule has 0 bridgehead atoms. The van der Waals surface area contributed by atoms with Crippen molar-refractivity contribution < 1.29 is 9.47 Å². The van der Waals surface area contributed by atoms with Crippen molar-refractivity contribution >= 4 is 35.6 Å². The van der Waals surface area contributed by atoms with E-state index in [-0.39, 0.29) is 12.4 Å². The second-order valence-electron chi connectivity index (χ2n) is 6.07. The minimum absolute atomic E-state index is 0. The second-order valence-corrected chi connectivity index (χ2v) is 6.91. The van der Waals surface area contributed by atoms with Crippen LogP contribution in [0.1, 0.15) is 16.7 Å². The van der Waals surface area contributed by atoms with Gasteiger partial charge in [-0.2, -0.15) is 0 Å². The molecule has 0 fully saturated rings. The molecule has 0 spiro atoms. The van der Waals surface area contributed by atoms with Crippen LogP contribution in [-0.2, 0) is 19.7 Å². The summed E-state index contributed by atoms with van der Waals surface area (Å²) in [7, 11) is 1.61. The topological polar surface area (TPSA) is 30.5 Å². The highest BCUT2D eigenvalue weighted by Crippen LogP contribution is 2.35. The molecule has 0 aromatic heterocycles. The summed E-state index contributed by atoms with van der Waals surface area (Å²) < 4.78 is 11.6. The predicted molar refractivity (Wildman–Crippen MR) is 118 cm³/mol. The lowest BCUT2D eigenvalue weighted by Crippen LogP contribution is -2.14. The van der Waals surface area contributed by atoms with E-state index in [1.165, 1.54) is 0 Å². The van der Waals surface area contributed by atoms with Gasteiger partial charge in [0.25, 0.3) is 0 Å². The Kier molecular flexibility index (Phi) is 8.94. The van der Waals surface area contributed by atoms with Crippen LogP contribution in [0.3, 0.4) is 0 Å². The molecule has 0 aliphatic carbocycles. The molecular formula is C22H22Cl3NO2. The highest BCUT2D eigenvalue weighted by Gasteiger charge is 2.13. The predicted octanol–water partition coefficient (Wildman–Crippen LogP) is 6.29. The number of benzene rings is 3. The maximum atomic E-state index is 6.25. The largest absolute Gasteiger partial charge is 0.493 e. The summed E-state index contributed by atoms with van der Waals surface area (Å²) in [5.74, 6) is 1.31. The molecule has 148 valence electrons. The van der Waals surface area contributed by atoms with Crippen LogP contribution in [0.4, 0.5) is 0 Å².